The van der Waals surface area contributed by atoms with Gasteiger partial charge in [-0.2, -0.15) is 0 Å². The normalized spacial score (nSPS) is 19.1. The molecule has 51 heavy (non-hydrogen) atoms. The van der Waals surface area contributed by atoms with Crippen molar-refractivity contribution in [2.75, 3.05) is 59.6 Å². The van der Waals surface area contributed by atoms with Gasteiger partial charge in [-0.15, -0.1) is 0 Å². The Morgan fingerprint density at radius 2 is 1.73 bits per heavy atom. The molecule has 5 amide bonds. The Morgan fingerprint density at radius 1 is 0.961 bits per heavy atom. The molecule has 2 aliphatic rings. The second kappa shape index (κ2) is 18.8. The highest BCUT2D eigenvalue weighted by atomic mass is 35.5. The summed E-state index contributed by atoms with van der Waals surface area (Å²) >= 11 is 12.2. The number of likely N-dealkylation sites (tertiary alicyclic amines) is 1. The fourth-order valence-electron chi connectivity index (χ4n) is 6.10. The molecule has 3 atom stereocenters. The molecule has 2 aliphatic heterocycles. The fourth-order valence-corrected chi connectivity index (χ4v) is 6.42. The maximum Gasteiger partial charge on any atom is 0.315 e. The van der Waals surface area contributed by atoms with Crippen LogP contribution in [-0.2, 0) is 32.2 Å². The van der Waals surface area contributed by atoms with E-state index in [0.717, 1.165) is 23.2 Å². The highest BCUT2D eigenvalue weighted by Gasteiger charge is 2.42. The molecule has 4 N–H and O–H groups in total. The van der Waals surface area contributed by atoms with Crippen LogP contribution in [0.15, 0.2) is 67.0 Å². The van der Waals surface area contributed by atoms with E-state index in [0.29, 0.717) is 54.9 Å². The summed E-state index contributed by atoms with van der Waals surface area (Å²) in [6, 6.07) is 15.6. The average Bonchev–Trinajstić information content (AvgIpc) is 3.44. The summed E-state index contributed by atoms with van der Waals surface area (Å²) < 4.78 is 11.4. The van der Waals surface area contributed by atoms with E-state index in [1.807, 2.05) is 18.2 Å². The highest BCUT2D eigenvalue weighted by molar-refractivity contribution is 6.42. The number of benzene rings is 2. The molecule has 0 saturated carbocycles. The van der Waals surface area contributed by atoms with Crippen LogP contribution in [-0.4, -0.2) is 104 Å². The number of carbonyl (C=O) groups excluding carboxylic acids is 4. The maximum atomic E-state index is 12.9. The highest BCUT2D eigenvalue weighted by Crippen LogP contribution is 2.36. The summed E-state index contributed by atoms with van der Waals surface area (Å²) in [6.07, 6.45) is 3.33. The number of amides is 5. The van der Waals surface area contributed by atoms with E-state index in [-0.39, 0.29) is 62.1 Å². The second-order valence-corrected chi connectivity index (χ2v) is 13.3. The Kier molecular flexibility index (Phi) is 14.0. The zero-order valence-electron chi connectivity index (χ0n) is 28.4. The van der Waals surface area contributed by atoms with Crippen molar-refractivity contribution in [2.45, 2.75) is 31.7 Å². The van der Waals surface area contributed by atoms with Crippen LogP contribution in [0.5, 0.6) is 0 Å². The topological polar surface area (TPSA) is 154 Å². The molecule has 0 bridgehead atoms. The van der Waals surface area contributed by atoms with Crippen molar-refractivity contribution >= 4 is 47.0 Å². The number of hydrogen-bond acceptors (Lipinski definition) is 8. The molecule has 5 rings (SSSR count). The van der Waals surface area contributed by atoms with Gasteiger partial charge in [-0.3, -0.25) is 24.3 Å². The molecule has 3 heterocycles. The molecule has 0 spiro atoms. The van der Waals surface area contributed by atoms with Crippen LogP contribution in [0.4, 0.5) is 4.79 Å². The standard InChI is InChI=1S/C36H43Cl2N7O6/c1-44-32(46)18-29(33(44)27-3-2-10-39-20-27)35(48)41-12-15-50-14-11-40-34(47)26-7-4-24(5-8-26)19-42-36(49)43-21-28-23-45(13-16-51-28)22-25-6-9-30(37)31(38)17-25/h2-10,17,20,28-29,33H,11-16,18-19,21-23H2,1H3,(H,40,47)(H,41,48)(H2,42,43,49)/t28-,29-,33+/m0/s1. The van der Waals surface area contributed by atoms with Gasteiger partial charge in [0.25, 0.3) is 5.91 Å². The molecule has 1 aromatic heterocycles. The van der Waals surface area contributed by atoms with Crippen molar-refractivity contribution in [2.24, 2.45) is 5.92 Å². The fraction of sp³-hybridized carbons (Fsp3) is 0.417. The van der Waals surface area contributed by atoms with Gasteiger partial charge in [-0.05, 0) is 47.0 Å². The predicted octanol–water partition coefficient (Wildman–Crippen LogP) is 3.17. The summed E-state index contributed by atoms with van der Waals surface area (Å²) in [5, 5.41) is 12.4. The minimum Gasteiger partial charge on any atom is -0.378 e. The lowest BCUT2D eigenvalue weighted by Gasteiger charge is -2.33. The van der Waals surface area contributed by atoms with Crippen molar-refractivity contribution < 1.29 is 28.7 Å². The smallest absolute Gasteiger partial charge is 0.315 e. The van der Waals surface area contributed by atoms with Crippen LogP contribution >= 0.6 is 23.2 Å². The second-order valence-electron chi connectivity index (χ2n) is 12.4. The van der Waals surface area contributed by atoms with Crippen LogP contribution in [0, 0.1) is 5.92 Å². The molecule has 2 aromatic carbocycles. The third-order valence-corrected chi connectivity index (χ3v) is 9.54. The van der Waals surface area contributed by atoms with Crippen LogP contribution < -0.4 is 21.3 Å². The third-order valence-electron chi connectivity index (χ3n) is 8.80. The third kappa shape index (κ3) is 11.1. The van der Waals surface area contributed by atoms with Crippen LogP contribution in [0.1, 0.15) is 39.5 Å². The number of pyridine rings is 1. The van der Waals surface area contributed by atoms with Gasteiger partial charge in [-0.25, -0.2) is 4.79 Å². The minimum atomic E-state index is -0.507. The van der Waals surface area contributed by atoms with Gasteiger partial charge < -0.3 is 35.6 Å². The molecular formula is C36H43Cl2N7O6. The SMILES string of the molecule is CN1C(=O)C[C@H](C(=O)NCCOCCNC(=O)c2ccc(CNC(=O)NC[C@H]3CN(Cc4ccc(Cl)c(Cl)c4)CCO3)cc2)[C@H]1c1cccnc1. The summed E-state index contributed by atoms with van der Waals surface area (Å²) in [5.74, 6) is -1.05. The minimum absolute atomic E-state index is 0.0856. The Balaban J connectivity index is 0.924. The molecule has 0 radical (unpaired) electrons. The molecule has 0 aliphatic carbocycles. The molecule has 0 unspecified atom stereocenters. The number of hydrogen-bond donors (Lipinski definition) is 4. The van der Waals surface area contributed by atoms with Gasteiger partial charge in [0.1, 0.15) is 0 Å². The Bertz CT molecular complexity index is 1650. The number of halogens is 2. The number of urea groups is 1. The van der Waals surface area contributed by atoms with Crippen LogP contribution in [0.2, 0.25) is 10.0 Å². The predicted molar refractivity (Wildman–Crippen MR) is 192 cm³/mol. The lowest BCUT2D eigenvalue weighted by atomic mass is 9.94. The molecule has 3 aromatic rings. The number of ether oxygens (including phenoxy) is 2. The van der Waals surface area contributed by atoms with Crippen LogP contribution in [0.3, 0.4) is 0 Å². The van der Waals surface area contributed by atoms with E-state index in [9.17, 15) is 19.2 Å². The molecule has 272 valence electrons. The van der Waals surface area contributed by atoms with Crippen molar-refractivity contribution in [3.05, 3.63) is 99.3 Å². The van der Waals surface area contributed by atoms with Gasteiger partial charge in [0.15, 0.2) is 0 Å². The molecule has 2 saturated heterocycles. The Labute approximate surface area is 307 Å². The Morgan fingerprint density at radius 3 is 2.47 bits per heavy atom. The zero-order chi connectivity index (χ0) is 36.2. The van der Waals surface area contributed by atoms with Crippen molar-refractivity contribution in [3.8, 4) is 0 Å². The number of rotatable bonds is 15. The number of nitrogens with one attached hydrogen (secondary N) is 4. The van der Waals surface area contributed by atoms with Crippen molar-refractivity contribution in [1.82, 2.24) is 36.1 Å². The lowest BCUT2D eigenvalue weighted by molar-refractivity contribution is -0.128. The van der Waals surface area contributed by atoms with E-state index < -0.39 is 5.92 Å². The van der Waals surface area contributed by atoms with E-state index >= 15 is 0 Å². The van der Waals surface area contributed by atoms with Gasteiger partial charge in [0.05, 0.1) is 47.9 Å². The van der Waals surface area contributed by atoms with E-state index in [1.165, 1.54) is 0 Å². The summed E-state index contributed by atoms with van der Waals surface area (Å²) in [7, 11) is 1.70. The first-order valence-electron chi connectivity index (χ1n) is 16.9. The monoisotopic (exact) mass is 739 g/mol. The first kappa shape index (κ1) is 38.0. The lowest BCUT2D eigenvalue weighted by Crippen LogP contribution is -2.48. The molecule has 2 fully saturated rings. The maximum absolute atomic E-state index is 12.9. The summed E-state index contributed by atoms with van der Waals surface area (Å²) in [6.45, 7) is 4.50. The van der Waals surface area contributed by atoms with E-state index in [1.54, 1.807) is 60.7 Å². The van der Waals surface area contributed by atoms with Gasteiger partial charge in [0, 0.05) is 77.2 Å². The number of aromatic nitrogens is 1. The molecule has 15 heteroatoms. The van der Waals surface area contributed by atoms with Crippen molar-refractivity contribution in [1.29, 1.82) is 0 Å². The van der Waals surface area contributed by atoms with Crippen molar-refractivity contribution in [3.63, 3.8) is 0 Å². The Hall–Kier alpha value is -4.27. The number of nitrogens with zero attached hydrogens (tertiary/aromatic N) is 3. The zero-order valence-corrected chi connectivity index (χ0v) is 29.9. The molecular weight excluding hydrogens is 697 g/mol. The molecule has 13 nitrogen and oxygen atoms in total. The summed E-state index contributed by atoms with van der Waals surface area (Å²) in [4.78, 5) is 58.1. The van der Waals surface area contributed by atoms with Crippen LogP contribution in [0.25, 0.3) is 0 Å². The van der Waals surface area contributed by atoms with Gasteiger partial charge >= 0.3 is 6.03 Å². The quantitative estimate of drug-likeness (QED) is 0.174. The van der Waals surface area contributed by atoms with Gasteiger partial charge in [0.2, 0.25) is 11.8 Å². The number of carbonyl (C=O) groups is 4. The van der Waals surface area contributed by atoms with E-state index in [4.69, 9.17) is 32.7 Å². The van der Waals surface area contributed by atoms with Gasteiger partial charge in [-0.1, -0.05) is 47.5 Å². The van der Waals surface area contributed by atoms with E-state index in [2.05, 4.69) is 31.2 Å². The first-order valence-corrected chi connectivity index (χ1v) is 17.6. The largest absolute Gasteiger partial charge is 0.378 e. The average molecular weight is 741 g/mol. The first-order chi connectivity index (χ1) is 24.7. The number of morpholine rings is 1. The summed E-state index contributed by atoms with van der Waals surface area (Å²) in [5.41, 5.74) is 3.20.